The maximum atomic E-state index is 14.2. The number of aromatic nitrogens is 2. The molecular weight excluding hydrogens is 873 g/mol. The van der Waals surface area contributed by atoms with E-state index in [1.165, 1.54) is 18.7 Å². The maximum absolute atomic E-state index is 14.2. The van der Waals surface area contributed by atoms with Gasteiger partial charge in [-0.15, -0.1) is 0 Å². The van der Waals surface area contributed by atoms with Gasteiger partial charge >= 0.3 is 11.9 Å². The molecule has 2 heterocycles. The van der Waals surface area contributed by atoms with Crippen molar-refractivity contribution in [3.63, 3.8) is 0 Å². The minimum Gasteiger partial charge on any atom is -0.481 e. The number of carboxylic acids is 2. The second-order valence-corrected chi connectivity index (χ2v) is 17.4. The Labute approximate surface area is 386 Å². The van der Waals surface area contributed by atoms with Crippen molar-refractivity contribution in [2.45, 2.75) is 108 Å². The fourth-order valence-corrected chi connectivity index (χ4v) is 7.75. The van der Waals surface area contributed by atoms with Gasteiger partial charge < -0.3 is 63.5 Å². The Morgan fingerprint density at radius 1 is 0.621 bits per heavy atom. The predicted octanol–water partition coefficient (Wildman–Crippen LogP) is 0.788. The largest absolute Gasteiger partial charge is 0.481 e. The molecule has 0 aliphatic carbocycles. The molecular formula is C45H62N10O10S. The molecule has 2 aromatic heterocycles. The average Bonchev–Trinajstić information content (AvgIpc) is 3.88. The van der Waals surface area contributed by atoms with Gasteiger partial charge in [0.25, 0.3) is 0 Å². The molecule has 6 amide bonds. The molecule has 14 N–H and O–H groups in total. The number of unbranched alkanes of at least 4 members (excludes halogenated alkanes) is 1. The molecule has 0 saturated carbocycles. The van der Waals surface area contributed by atoms with Crippen molar-refractivity contribution >= 4 is 80.9 Å². The molecule has 0 radical (unpaired) electrons. The molecule has 21 heteroatoms. The van der Waals surface area contributed by atoms with Gasteiger partial charge in [0.15, 0.2) is 0 Å². The zero-order valence-corrected chi connectivity index (χ0v) is 38.3. The van der Waals surface area contributed by atoms with Crippen LogP contribution < -0.4 is 43.4 Å². The van der Waals surface area contributed by atoms with Gasteiger partial charge in [-0.2, -0.15) is 11.8 Å². The van der Waals surface area contributed by atoms with Crippen LogP contribution >= 0.6 is 11.8 Å². The van der Waals surface area contributed by atoms with Crippen molar-refractivity contribution < 1.29 is 48.6 Å². The first-order chi connectivity index (χ1) is 31.4. The Hall–Kier alpha value is -6.45. The highest BCUT2D eigenvalue weighted by molar-refractivity contribution is 7.98. The molecule has 20 nitrogen and oxygen atoms in total. The summed E-state index contributed by atoms with van der Waals surface area (Å²) in [5.41, 5.74) is 15.4. The van der Waals surface area contributed by atoms with Crippen molar-refractivity contribution in [2.75, 3.05) is 18.6 Å². The summed E-state index contributed by atoms with van der Waals surface area (Å²) in [5.74, 6) is -7.76. The second kappa shape index (κ2) is 25.3. The average molecular weight is 935 g/mol. The van der Waals surface area contributed by atoms with Crippen LogP contribution in [-0.2, 0) is 51.2 Å². The number of carbonyl (C=O) groups is 8. The lowest BCUT2D eigenvalue weighted by Gasteiger charge is -2.26. The van der Waals surface area contributed by atoms with E-state index in [4.69, 9.17) is 11.5 Å². The van der Waals surface area contributed by atoms with Gasteiger partial charge in [-0.3, -0.25) is 33.6 Å². The lowest BCUT2D eigenvalue weighted by Crippen LogP contribution is -2.60. The smallest absolute Gasteiger partial charge is 0.326 e. The van der Waals surface area contributed by atoms with Crippen molar-refractivity contribution in [1.29, 1.82) is 0 Å². The molecule has 7 atom stereocenters. The van der Waals surface area contributed by atoms with Gasteiger partial charge in [-0.1, -0.05) is 50.2 Å². The zero-order chi connectivity index (χ0) is 48.5. The van der Waals surface area contributed by atoms with Crippen LogP contribution in [0.3, 0.4) is 0 Å². The van der Waals surface area contributed by atoms with Crippen molar-refractivity contribution in [3.05, 3.63) is 72.1 Å². The van der Waals surface area contributed by atoms with Gasteiger partial charge in [0.1, 0.15) is 36.3 Å². The summed E-state index contributed by atoms with van der Waals surface area (Å²) < 4.78 is 0. The van der Waals surface area contributed by atoms with E-state index in [-0.39, 0.29) is 25.7 Å². The number of H-pyrrole nitrogens is 2. The molecule has 0 unspecified atom stereocenters. The van der Waals surface area contributed by atoms with Crippen LogP contribution in [0.2, 0.25) is 0 Å². The first-order valence-corrected chi connectivity index (χ1v) is 23.1. The summed E-state index contributed by atoms with van der Waals surface area (Å²) in [4.78, 5) is 112. The second-order valence-electron chi connectivity index (χ2n) is 16.4. The van der Waals surface area contributed by atoms with Crippen LogP contribution in [-0.4, -0.2) is 128 Å². The number of fused-ring (bicyclic) bond motifs is 2. The van der Waals surface area contributed by atoms with Crippen LogP contribution in [0.25, 0.3) is 21.8 Å². The lowest BCUT2D eigenvalue weighted by atomic mass is 10.0. The molecule has 0 bridgehead atoms. The number of carbonyl (C=O) groups excluding carboxylic acids is 6. The number of hydrogen-bond donors (Lipinski definition) is 12. The molecule has 358 valence electrons. The van der Waals surface area contributed by atoms with Gasteiger partial charge in [-0.05, 0) is 86.8 Å². The van der Waals surface area contributed by atoms with Gasteiger partial charge in [0.05, 0.1) is 12.5 Å². The quantitative estimate of drug-likeness (QED) is 0.0369. The molecule has 0 aliphatic heterocycles. The van der Waals surface area contributed by atoms with Crippen molar-refractivity contribution in [1.82, 2.24) is 41.9 Å². The Bertz CT molecular complexity index is 2330. The van der Waals surface area contributed by atoms with E-state index < -0.39 is 102 Å². The van der Waals surface area contributed by atoms with E-state index in [0.29, 0.717) is 30.7 Å². The monoisotopic (exact) mass is 934 g/mol. The van der Waals surface area contributed by atoms with Crippen molar-refractivity contribution in [2.24, 2.45) is 17.4 Å². The number of aromatic amines is 2. The first-order valence-electron chi connectivity index (χ1n) is 21.7. The van der Waals surface area contributed by atoms with Crippen LogP contribution in [0.5, 0.6) is 0 Å². The number of nitrogens with one attached hydrogen (secondary N) is 8. The third-order valence-electron chi connectivity index (χ3n) is 11.0. The highest BCUT2D eigenvalue weighted by atomic mass is 32.2. The van der Waals surface area contributed by atoms with E-state index >= 15 is 0 Å². The number of para-hydroxylation sites is 2. The van der Waals surface area contributed by atoms with Gasteiger partial charge in [0.2, 0.25) is 35.4 Å². The Balaban J connectivity index is 1.50. The molecule has 0 spiro atoms. The highest BCUT2D eigenvalue weighted by Gasteiger charge is 2.34. The predicted molar refractivity (Wildman–Crippen MR) is 250 cm³/mol. The molecule has 66 heavy (non-hydrogen) atoms. The zero-order valence-electron chi connectivity index (χ0n) is 37.5. The molecule has 2 aromatic carbocycles. The number of benzene rings is 2. The standard InChI is InChI=1S/C45H62N10O10S/c1-24(2)38(45(64)65)55-42(61)34(16-18-66-4)52-44(63)36(21-37(56)57)53-39(58)25(3)50-41(60)33(15-9-10-17-46)51-43(62)35(20-27-23-49-32-14-8-6-12-29(27)32)54-40(59)30(47)19-26-22-48-31-13-7-5-11-28(26)31/h5-8,11-14,22-25,30,33-36,38,48-49H,9-10,15-21,46-47H2,1-4H3,(H,50,60)(H,51,62)(H,52,63)(H,53,58)(H,54,59)(H,55,61)(H,56,57)(H,64,65)/t25-,30-,33-,34-,35-,36-,38-/m0/s1. The summed E-state index contributed by atoms with van der Waals surface area (Å²) in [7, 11) is 0. The van der Waals surface area contributed by atoms with Gasteiger partial charge in [0, 0.05) is 40.6 Å². The fraction of sp³-hybridized carbons (Fsp3) is 0.467. The normalized spacial score (nSPS) is 14.5. The lowest BCUT2D eigenvalue weighted by molar-refractivity contribution is -0.144. The molecule has 0 aliphatic rings. The topological polar surface area (TPSA) is 333 Å². The molecule has 0 saturated heterocycles. The third-order valence-corrected chi connectivity index (χ3v) is 11.6. The minimum atomic E-state index is -1.71. The van der Waals surface area contributed by atoms with E-state index in [2.05, 4.69) is 41.9 Å². The SMILES string of the molecule is CSCC[C@H](NC(=O)[C@H](CC(=O)O)NC(=O)[C@H](C)NC(=O)[C@H](CCCCN)NC(=O)[C@H](Cc1c[nH]c2ccccc12)NC(=O)[C@@H](N)Cc1c[nH]c2ccccc12)C(=O)N[C@H](C(=O)O)C(C)C. The van der Waals surface area contributed by atoms with Crippen molar-refractivity contribution in [3.8, 4) is 0 Å². The van der Waals surface area contributed by atoms with E-state index in [1.54, 1.807) is 32.5 Å². The first kappa shape index (κ1) is 52.2. The number of rotatable bonds is 27. The maximum Gasteiger partial charge on any atom is 0.326 e. The summed E-state index contributed by atoms with van der Waals surface area (Å²) in [6.45, 7) is 4.78. The number of hydrogen-bond acceptors (Lipinski definition) is 11. The number of amides is 6. The number of thioether (sulfide) groups is 1. The van der Waals surface area contributed by atoms with Crippen LogP contribution in [0.15, 0.2) is 60.9 Å². The summed E-state index contributed by atoms with van der Waals surface area (Å²) in [6, 6.07) is 5.85. The summed E-state index contributed by atoms with van der Waals surface area (Å²) >= 11 is 1.35. The van der Waals surface area contributed by atoms with E-state index in [1.807, 2.05) is 48.5 Å². The molecule has 4 aromatic rings. The van der Waals surface area contributed by atoms with E-state index in [9.17, 15) is 48.6 Å². The third kappa shape index (κ3) is 15.1. The minimum absolute atomic E-state index is 0.0159. The number of aliphatic carboxylic acids is 2. The summed E-state index contributed by atoms with van der Waals surface area (Å²) in [6.07, 6.45) is 5.57. The van der Waals surface area contributed by atoms with Crippen LogP contribution in [0.1, 0.15) is 64.0 Å². The Morgan fingerprint density at radius 3 is 1.67 bits per heavy atom. The number of nitrogens with two attached hydrogens (primary N) is 2. The Morgan fingerprint density at radius 2 is 1.12 bits per heavy atom. The number of carboxylic acid groups (broad SMARTS) is 2. The molecule has 4 rings (SSSR count). The summed E-state index contributed by atoms with van der Waals surface area (Å²) in [5, 5.41) is 36.2. The molecule has 0 fully saturated rings. The van der Waals surface area contributed by atoms with Crippen LogP contribution in [0, 0.1) is 5.92 Å². The van der Waals surface area contributed by atoms with Gasteiger partial charge in [-0.25, -0.2) is 4.79 Å². The van der Waals surface area contributed by atoms with E-state index in [0.717, 1.165) is 27.4 Å². The highest BCUT2D eigenvalue weighted by Crippen LogP contribution is 2.21. The fourth-order valence-electron chi connectivity index (χ4n) is 7.28. The Kier molecular flexibility index (Phi) is 20.0. The van der Waals surface area contributed by atoms with Crippen LogP contribution in [0.4, 0.5) is 0 Å².